The van der Waals surface area contributed by atoms with Gasteiger partial charge in [-0.15, -0.1) is 11.3 Å². The van der Waals surface area contributed by atoms with E-state index in [1.54, 1.807) is 17.6 Å². The number of aryl methyl sites for hydroxylation is 1. The number of hydrogen-bond donors (Lipinski definition) is 2. The summed E-state index contributed by atoms with van der Waals surface area (Å²) in [6.07, 6.45) is 1.64. The van der Waals surface area contributed by atoms with Crippen LogP contribution in [0, 0.1) is 6.92 Å². The van der Waals surface area contributed by atoms with Crippen LogP contribution in [0.25, 0.3) is 0 Å². The third kappa shape index (κ3) is 2.15. The average molecular weight is 287 g/mol. The van der Waals surface area contributed by atoms with Crippen molar-refractivity contribution in [3.05, 3.63) is 44.4 Å². The summed E-state index contributed by atoms with van der Waals surface area (Å²) >= 11 is 5.08. The zero-order chi connectivity index (χ0) is 10.8. The molecule has 3 nitrogen and oxygen atoms in total. The lowest BCUT2D eigenvalue weighted by Crippen LogP contribution is -2.28. The molecule has 0 spiro atoms. The minimum absolute atomic E-state index is 0.0168. The van der Waals surface area contributed by atoms with Crippen LogP contribution in [0.4, 0.5) is 0 Å². The van der Waals surface area contributed by atoms with Crippen LogP contribution in [0.1, 0.15) is 21.4 Å². The second-order valence-electron chi connectivity index (χ2n) is 3.20. The molecule has 0 aromatic carbocycles. The smallest absolute Gasteiger partial charge is 0.174 e. The zero-order valence-electron chi connectivity index (χ0n) is 8.16. The van der Waals surface area contributed by atoms with Crippen molar-refractivity contribution in [3.8, 4) is 0 Å². The highest BCUT2D eigenvalue weighted by atomic mass is 79.9. The Labute approximate surface area is 100 Å². The predicted octanol–water partition coefficient (Wildman–Crippen LogP) is 2.96. The van der Waals surface area contributed by atoms with E-state index < -0.39 is 0 Å². The number of hydrogen-bond acceptors (Lipinski definition) is 4. The number of nitrogens with two attached hydrogens (primary N) is 1. The predicted molar refractivity (Wildman–Crippen MR) is 64.6 cm³/mol. The molecule has 2 aromatic rings. The summed E-state index contributed by atoms with van der Waals surface area (Å²) in [7, 11) is 0. The molecule has 0 aliphatic carbocycles. The lowest BCUT2D eigenvalue weighted by Gasteiger charge is -2.12. The molecule has 15 heavy (non-hydrogen) atoms. The summed E-state index contributed by atoms with van der Waals surface area (Å²) < 4.78 is 5.92. The number of rotatable bonds is 3. The Morgan fingerprint density at radius 1 is 1.47 bits per heavy atom. The van der Waals surface area contributed by atoms with Crippen LogP contribution < -0.4 is 11.3 Å². The van der Waals surface area contributed by atoms with Gasteiger partial charge in [0, 0.05) is 15.3 Å². The van der Waals surface area contributed by atoms with Crippen molar-refractivity contribution in [2.24, 2.45) is 5.84 Å². The molecule has 5 heteroatoms. The highest BCUT2D eigenvalue weighted by Crippen LogP contribution is 2.32. The Hall–Kier alpha value is -0.620. The molecule has 2 aromatic heterocycles. The highest BCUT2D eigenvalue weighted by Gasteiger charge is 2.18. The van der Waals surface area contributed by atoms with Crippen LogP contribution in [0.15, 0.2) is 33.5 Å². The third-order valence-corrected chi connectivity index (χ3v) is 3.88. The lowest BCUT2D eigenvalue weighted by atomic mass is 10.1. The van der Waals surface area contributed by atoms with Crippen molar-refractivity contribution in [1.82, 2.24) is 5.43 Å². The minimum Gasteiger partial charge on any atom is -0.457 e. The van der Waals surface area contributed by atoms with Crippen LogP contribution in [-0.4, -0.2) is 0 Å². The van der Waals surface area contributed by atoms with E-state index in [2.05, 4.69) is 40.4 Å². The molecule has 3 N–H and O–H groups in total. The Balaban J connectivity index is 2.36. The number of thiophene rings is 1. The van der Waals surface area contributed by atoms with Gasteiger partial charge in [0.15, 0.2) is 4.67 Å². The van der Waals surface area contributed by atoms with E-state index in [0.717, 1.165) is 10.2 Å². The van der Waals surface area contributed by atoms with Crippen molar-refractivity contribution < 1.29 is 4.42 Å². The van der Waals surface area contributed by atoms with Gasteiger partial charge < -0.3 is 4.42 Å². The fraction of sp³-hybridized carbons (Fsp3) is 0.200. The van der Waals surface area contributed by atoms with Gasteiger partial charge >= 0.3 is 0 Å². The van der Waals surface area contributed by atoms with E-state index >= 15 is 0 Å². The monoisotopic (exact) mass is 286 g/mol. The van der Waals surface area contributed by atoms with Gasteiger partial charge in [0.2, 0.25) is 0 Å². The first-order chi connectivity index (χ1) is 7.22. The normalized spacial score (nSPS) is 13.0. The molecule has 1 atom stereocenters. The van der Waals surface area contributed by atoms with E-state index in [0.29, 0.717) is 0 Å². The first-order valence-electron chi connectivity index (χ1n) is 4.47. The number of nitrogens with one attached hydrogen (secondary N) is 1. The summed E-state index contributed by atoms with van der Waals surface area (Å²) in [6, 6.07) is 6.04. The van der Waals surface area contributed by atoms with Gasteiger partial charge in [-0.1, -0.05) is 0 Å². The maximum absolute atomic E-state index is 5.57. The molecule has 2 rings (SSSR count). The molecule has 0 aliphatic rings. The quantitative estimate of drug-likeness (QED) is 0.674. The molecular weight excluding hydrogens is 276 g/mol. The molecule has 1 unspecified atom stereocenters. The zero-order valence-corrected chi connectivity index (χ0v) is 10.6. The van der Waals surface area contributed by atoms with Gasteiger partial charge in [0.1, 0.15) is 0 Å². The van der Waals surface area contributed by atoms with Gasteiger partial charge in [0.05, 0.1) is 12.3 Å². The summed E-state index contributed by atoms with van der Waals surface area (Å²) in [6.45, 7) is 2.08. The van der Waals surface area contributed by atoms with Gasteiger partial charge in [-0.2, -0.15) is 0 Å². The maximum atomic E-state index is 5.57. The van der Waals surface area contributed by atoms with Crippen LogP contribution in [-0.2, 0) is 0 Å². The van der Waals surface area contributed by atoms with E-state index in [1.807, 2.05) is 6.07 Å². The molecule has 0 aliphatic heterocycles. The van der Waals surface area contributed by atoms with E-state index in [1.165, 1.54) is 9.75 Å². The van der Waals surface area contributed by atoms with Crippen molar-refractivity contribution in [1.29, 1.82) is 0 Å². The molecule has 0 bridgehead atoms. The average Bonchev–Trinajstić information content (AvgIpc) is 2.79. The molecule has 2 heterocycles. The molecule has 80 valence electrons. The van der Waals surface area contributed by atoms with Gasteiger partial charge in [-0.3, -0.25) is 5.84 Å². The van der Waals surface area contributed by atoms with E-state index in [4.69, 9.17) is 10.3 Å². The molecule has 0 saturated carbocycles. The second kappa shape index (κ2) is 4.49. The van der Waals surface area contributed by atoms with Crippen molar-refractivity contribution in [2.75, 3.05) is 0 Å². The third-order valence-electron chi connectivity index (χ3n) is 2.17. The summed E-state index contributed by atoms with van der Waals surface area (Å²) in [5.74, 6) is 5.57. The Morgan fingerprint density at radius 2 is 2.27 bits per heavy atom. The topological polar surface area (TPSA) is 51.2 Å². The van der Waals surface area contributed by atoms with Crippen molar-refractivity contribution in [3.63, 3.8) is 0 Å². The van der Waals surface area contributed by atoms with Crippen LogP contribution >= 0.6 is 27.3 Å². The van der Waals surface area contributed by atoms with Gasteiger partial charge in [0.25, 0.3) is 0 Å². The van der Waals surface area contributed by atoms with Crippen LogP contribution in [0.3, 0.4) is 0 Å². The van der Waals surface area contributed by atoms with Crippen LogP contribution in [0.5, 0.6) is 0 Å². The molecule has 0 fully saturated rings. The summed E-state index contributed by atoms with van der Waals surface area (Å²) in [4.78, 5) is 2.45. The van der Waals surface area contributed by atoms with Crippen molar-refractivity contribution in [2.45, 2.75) is 13.0 Å². The largest absolute Gasteiger partial charge is 0.457 e. The number of furan rings is 1. The number of hydrazine groups is 1. The van der Waals surface area contributed by atoms with E-state index in [9.17, 15) is 0 Å². The van der Waals surface area contributed by atoms with Crippen molar-refractivity contribution >= 4 is 27.3 Å². The van der Waals surface area contributed by atoms with Gasteiger partial charge in [-0.25, -0.2) is 5.43 Å². The standard InChI is InChI=1S/C10H11BrN2OS/c1-6-2-3-8(15-6)9(13-12)7-4-5-14-10(7)11/h2-5,9,13H,12H2,1H3. The Morgan fingerprint density at radius 3 is 2.73 bits per heavy atom. The summed E-state index contributed by atoms with van der Waals surface area (Å²) in [5.41, 5.74) is 3.81. The molecule has 0 amide bonds. The first-order valence-corrected chi connectivity index (χ1v) is 6.08. The molecule has 0 saturated heterocycles. The number of halogens is 1. The lowest BCUT2D eigenvalue weighted by molar-refractivity contribution is 0.528. The second-order valence-corrected chi connectivity index (χ2v) is 5.24. The molecule has 0 radical (unpaired) electrons. The minimum atomic E-state index is -0.0168. The fourth-order valence-electron chi connectivity index (χ4n) is 1.44. The maximum Gasteiger partial charge on any atom is 0.174 e. The Bertz CT molecular complexity index is 452. The van der Waals surface area contributed by atoms with E-state index in [-0.39, 0.29) is 6.04 Å². The SMILES string of the molecule is Cc1ccc(C(NN)c2ccoc2Br)s1. The Kier molecular flexibility index (Phi) is 3.25. The highest BCUT2D eigenvalue weighted by molar-refractivity contribution is 9.10. The van der Waals surface area contributed by atoms with Crippen LogP contribution in [0.2, 0.25) is 0 Å². The fourth-order valence-corrected chi connectivity index (χ4v) is 2.87. The first kappa shape index (κ1) is 10.9. The van der Waals surface area contributed by atoms with Gasteiger partial charge in [-0.05, 0) is 41.1 Å². The molecular formula is C10H11BrN2OS. The summed E-state index contributed by atoms with van der Waals surface area (Å²) in [5, 5.41) is 0.